The minimum atomic E-state index is -5.86. The molecule has 1 aromatic heterocycles. The zero-order valence-electron chi connectivity index (χ0n) is 12.8. The molecular weight excluding hydrogens is 383 g/mol. The predicted molar refractivity (Wildman–Crippen MR) is 83.9 cm³/mol. The van der Waals surface area contributed by atoms with Gasteiger partial charge in [-0.3, -0.25) is 0 Å². The Kier molecular flexibility index (Phi) is 4.12. The molecule has 0 saturated heterocycles. The normalized spacial score (nSPS) is 12.7. The topological polar surface area (TPSA) is 102 Å². The molecule has 3 rings (SSSR count). The zero-order chi connectivity index (χ0) is 19.4. The highest BCUT2D eigenvalue weighted by atomic mass is 32.2. The molecular formula is C13H9BF4N2O5S. The van der Waals surface area contributed by atoms with Crippen molar-refractivity contribution in [1.82, 2.24) is 9.19 Å². The Hall–Kier alpha value is -2.38. The van der Waals surface area contributed by atoms with Crippen LogP contribution in [0.25, 0.3) is 21.7 Å². The maximum absolute atomic E-state index is 14.0. The summed E-state index contributed by atoms with van der Waals surface area (Å²) in [7, 11) is -7.00. The average molecular weight is 392 g/mol. The van der Waals surface area contributed by atoms with E-state index < -0.39 is 39.4 Å². The van der Waals surface area contributed by atoms with Crippen molar-refractivity contribution in [2.75, 3.05) is 7.11 Å². The van der Waals surface area contributed by atoms with E-state index in [1.165, 1.54) is 0 Å². The first-order valence-electron chi connectivity index (χ1n) is 6.85. The van der Waals surface area contributed by atoms with Crippen molar-refractivity contribution < 1.29 is 40.8 Å². The predicted octanol–water partition coefficient (Wildman–Crippen LogP) is 0.715. The number of hydrogen-bond acceptors (Lipinski definition) is 6. The lowest BCUT2D eigenvalue weighted by atomic mass is 9.75. The number of hydrogen-bond donors (Lipinski definition) is 2. The third-order valence-electron chi connectivity index (χ3n) is 3.75. The van der Waals surface area contributed by atoms with Crippen LogP contribution in [0.3, 0.4) is 0 Å². The number of alkyl halides is 3. The fourth-order valence-electron chi connectivity index (χ4n) is 2.69. The lowest BCUT2D eigenvalue weighted by Crippen LogP contribution is -2.32. The molecule has 3 aromatic rings. The SMILES string of the molecule is COc1c(F)ccc2cc3c(cnn3S(=O)(=O)C(F)(F)F)c(B(O)O)c12. The van der Waals surface area contributed by atoms with Crippen LogP contribution < -0.4 is 10.2 Å². The molecule has 0 amide bonds. The molecule has 0 aliphatic heterocycles. The number of nitrogens with zero attached hydrogens (tertiary/aromatic N) is 2. The van der Waals surface area contributed by atoms with Gasteiger partial charge in [-0.05, 0) is 17.5 Å². The molecule has 0 aliphatic carbocycles. The summed E-state index contributed by atoms with van der Waals surface area (Å²) in [6.45, 7) is 0. The van der Waals surface area contributed by atoms with E-state index in [0.29, 0.717) is 0 Å². The van der Waals surface area contributed by atoms with Crippen molar-refractivity contribution in [3.8, 4) is 5.75 Å². The van der Waals surface area contributed by atoms with E-state index in [0.717, 1.165) is 31.5 Å². The summed E-state index contributed by atoms with van der Waals surface area (Å²) < 4.78 is 80.5. The van der Waals surface area contributed by atoms with Gasteiger partial charge in [-0.25, -0.2) is 4.39 Å². The Morgan fingerprint density at radius 3 is 2.46 bits per heavy atom. The Bertz CT molecular complexity index is 1130. The summed E-state index contributed by atoms with van der Waals surface area (Å²) in [6.07, 6.45) is 0.719. The number of benzene rings is 2. The number of halogens is 4. The highest BCUT2D eigenvalue weighted by molar-refractivity contribution is 7.90. The summed E-state index contributed by atoms with van der Waals surface area (Å²) in [5, 5.41) is 22.2. The second kappa shape index (κ2) is 5.82. The van der Waals surface area contributed by atoms with Crippen LogP contribution in [0.15, 0.2) is 24.4 Å². The third-order valence-corrected chi connectivity index (χ3v) is 5.08. The van der Waals surface area contributed by atoms with E-state index in [1.54, 1.807) is 0 Å². The van der Waals surface area contributed by atoms with Crippen LogP contribution in [-0.4, -0.2) is 47.4 Å². The Morgan fingerprint density at radius 1 is 1.27 bits per heavy atom. The number of ether oxygens (including phenoxy) is 1. The zero-order valence-corrected chi connectivity index (χ0v) is 13.6. The van der Waals surface area contributed by atoms with Crippen molar-refractivity contribution >= 4 is 44.3 Å². The largest absolute Gasteiger partial charge is 0.518 e. The maximum Gasteiger partial charge on any atom is 0.518 e. The highest BCUT2D eigenvalue weighted by Crippen LogP contribution is 2.33. The van der Waals surface area contributed by atoms with Crippen molar-refractivity contribution in [2.45, 2.75) is 5.51 Å². The second-order valence-electron chi connectivity index (χ2n) is 5.21. The lowest BCUT2D eigenvalue weighted by Gasteiger charge is -2.14. The summed E-state index contributed by atoms with van der Waals surface area (Å²) in [5.74, 6) is -1.23. The summed E-state index contributed by atoms with van der Waals surface area (Å²) in [4.78, 5) is 0. The monoisotopic (exact) mass is 392 g/mol. The molecule has 26 heavy (non-hydrogen) atoms. The fraction of sp³-hybridized carbons (Fsp3) is 0.154. The van der Waals surface area contributed by atoms with Gasteiger partial charge in [0.05, 0.1) is 18.8 Å². The molecule has 0 fully saturated rings. The van der Waals surface area contributed by atoms with E-state index in [4.69, 9.17) is 4.74 Å². The van der Waals surface area contributed by atoms with Crippen molar-refractivity contribution in [1.29, 1.82) is 0 Å². The number of aromatic nitrogens is 2. The van der Waals surface area contributed by atoms with Gasteiger partial charge in [-0.1, -0.05) is 6.07 Å². The van der Waals surface area contributed by atoms with Gasteiger partial charge in [0, 0.05) is 16.2 Å². The minimum absolute atomic E-state index is 0.0259. The van der Waals surface area contributed by atoms with Crippen molar-refractivity contribution in [3.05, 3.63) is 30.2 Å². The smallest absolute Gasteiger partial charge is 0.493 e. The Labute approximate surface area is 143 Å². The first-order chi connectivity index (χ1) is 12.0. The molecule has 7 nitrogen and oxygen atoms in total. The van der Waals surface area contributed by atoms with E-state index >= 15 is 0 Å². The summed E-state index contributed by atoms with van der Waals surface area (Å²) >= 11 is 0. The third kappa shape index (κ3) is 2.50. The van der Waals surface area contributed by atoms with Crippen molar-refractivity contribution in [2.24, 2.45) is 0 Å². The molecule has 1 heterocycles. The van der Waals surface area contributed by atoms with Crippen LogP contribution in [0.2, 0.25) is 0 Å². The van der Waals surface area contributed by atoms with Crippen LogP contribution in [0, 0.1) is 5.82 Å². The van der Waals surface area contributed by atoms with Gasteiger partial charge in [0.15, 0.2) is 11.6 Å². The summed E-state index contributed by atoms with van der Waals surface area (Å²) in [6, 6.07) is 3.09. The fourth-order valence-corrected chi connectivity index (χ4v) is 3.47. The molecule has 13 heteroatoms. The van der Waals surface area contributed by atoms with Crippen LogP contribution >= 0.6 is 0 Å². The first kappa shape index (κ1) is 18.4. The second-order valence-corrected chi connectivity index (χ2v) is 6.97. The number of rotatable bonds is 3. The van der Waals surface area contributed by atoms with Crippen LogP contribution in [0.1, 0.15) is 0 Å². The van der Waals surface area contributed by atoms with Gasteiger partial charge >= 0.3 is 22.7 Å². The van der Waals surface area contributed by atoms with Crippen molar-refractivity contribution in [3.63, 3.8) is 0 Å². The molecule has 0 bridgehead atoms. The van der Waals surface area contributed by atoms with Crippen LogP contribution in [-0.2, 0) is 10.0 Å². The minimum Gasteiger partial charge on any atom is -0.493 e. The van der Waals surface area contributed by atoms with E-state index in [1.807, 2.05) is 0 Å². The number of methoxy groups -OCH3 is 1. The highest BCUT2D eigenvalue weighted by Gasteiger charge is 2.49. The molecule has 0 aliphatic rings. The van der Waals surface area contributed by atoms with Gasteiger partial charge in [-0.15, -0.1) is 4.09 Å². The molecule has 138 valence electrons. The Morgan fingerprint density at radius 2 is 1.92 bits per heavy atom. The maximum atomic E-state index is 14.0. The Balaban J connectivity index is 2.53. The van der Waals surface area contributed by atoms with Gasteiger partial charge in [0.25, 0.3) is 0 Å². The molecule has 0 unspecified atom stereocenters. The lowest BCUT2D eigenvalue weighted by molar-refractivity contribution is -0.0448. The average Bonchev–Trinajstić information content (AvgIpc) is 2.95. The van der Waals surface area contributed by atoms with Gasteiger partial charge in [0.2, 0.25) is 0 Å². The van der Waals surface area contributed by atoms with E-state index in [2.05, 4.69) is 5.10 Å². The molecule has 2 aromatic carbocycles. The molecule has 0 spiro atoms. The van der Waals surface area contributed by atoms with Crippen LogP contribution in [0.5, 0.6) is 5.75 Å². The van der Waals surface area contributed by atoms with Gasteiger partial charge in [-0.2, -0.15) is 26.7 Å². The van der Waals surface area contributed by atoms with E-state index in [9.17, 15) is 36.0 Å². The molecule has 0 saturated carbocycles. The van der Waals surface area contributed by atoms with Crippen LogP contribution in [0.4, 0.5) is 17.6 Å². The summed E-state index contributed by atoms with van der Waals surface area (Å²) in [5.41, 5.74) is -6.61. The number of fused-ring (bicyclic) bond motifs is 2. The quantitative estimate of drug-likeness (QED) is 0.503. The molecule has 2 N–H and O–H groups in total. The molecule has 0 atom stereocenters. The first-order valence-corrected chi connectivity index (χ1v) is 8.29. The van der Waals surface area contributed by atoms with Gasteiger partial charge in [0.1, 0.15) is 0 Å². The van der Waals surface area contributed by atoms with E-state index in [-0.39, 0.29) is 26.0 Å². The van der Waals surface area contributed by atoms with Gasteiger partial charge < -0.3 is 14.8 Å². The standard InChI is InChI=1S/C13H9BF4N2O5S/c1-25-12-8(15)3-2-6-4-9-7(11(10(6)12)14(21)22)5-19-20(9)26(23,24)13(16,17)18/h2-5,21-22H,1H3. The molecule has 0 radical (unpaired) electrons.